The Morgan fingerprint density at radius 1 is 1.29 bits per heavy atom. The molecular formula is C17H18ClNO2. The Hall–Kier alpha value is -1.87. The van der Waals surface area contributed by atoms with Crippen molar-refractivity contribution in [1.82, 2.24) is 4.98 Å². The summed E-state index contributed by atoms with van der Waals surface area (Å²) >= 11 is 5.93. The van der Waals surface area contributed by atoms with Crippen molar-refractivity contribution in [3.8, 4) is 5.75 Å². The zero-order valence-corrected chi connectivity index (χ0v) is 13.2. The zero-order chi connectivity index (χ0) is 15.4. The van der Waals surface area contributed by atoms with Crippen LogP contribution >= 0.6 is 11.6 Å². The highest BCUT2D eigenvalue weighted by molar-refractivity contribution is 6.30. The van der Waals surface area contributed by atoms with Gasteiger partial charge >= 0.3 is 0 Å². The first kappa shape index (κ1) is 15.5. The highest BCUT2D eigenvalue weighted by Gasteiger charge is 2.13. The third-order valence-electron chi connectivity index (χ3n) is 3.40. The number of rotatable bonds is 5. The van der Waals surface area contributed by atoms with E-state index in [1.54, 1.807) is 19.4 Å². The molecule has 0 aliphatic carbocycles. The molecule has 0 radical (unpaired) electrons. The van der Waals surface area contributed by atoms with E-state index in [0.717, 1.165) is 28.1 Å². The van der Waals surface area contributed by atoms with Gasteiger partial charge in [-0.2, -0.15) is 0 Å². The molecule has 21 heavy (non-hydrogen) atoms. The van der Waals surface area contributed by atoms with Crippen molar-refractivity contribution in [2.75, 3.05) is 7.11 Å². The third kappa shape index (κ3) is 3.82. The van der Waals surface area contributed by atoms with Crippen molar-refractivity contribution in [3.05, 3.63) is 57.9 Å². The lowest BCUT2D eigenvalue weighted by Gasteiger charge is -2.11. The molecule has 2 rings (SSSR count). The maximum atomic E-state index is 12.2. The van der Waals surface area contributed by atoms with Crippen molar-refractivity contribution in [2.45, 2.75) is 26.7 Å². The number of ether oxygens (including phenoxy) is 1. The van der Waals surface area contributed by atoms with E-state index in [2.05, 4.69) is 4.98 Å². The minimum absolute atomic E-state index is 0.110. The van der Waals surface area contributed by atoms with Gasteiger partial charge in [0.2, 0.25) is 0 Å². The predicted molar refractivity (Wildman–Crippen MR) is 84.1 cm³/mol. The van der Waals surface area contributed by atoms with Gasteiger partial charge < -0.3 is 4.74 Å². The first-order valence-corrected chi connectivity index (χ1v) is 7.14. The van der Waals surface area contributed by atoms with Gasteiger partial charge in [0.05, 0.1) is 12.8 Å². The molecule has 0 bridgehead atoms. The van der Waals surface area contributed by atoms with Crippen LogP contribution in [0.15, 0.2) is 30.5 Å². The quantitative estimate of drug-likeness (QED) is 0.845. The number of aryl methyl sites for hydroxylation is 1. The molecule has 0 spiro atoms. The largest absolute Gasteiger partial charge is 0.496 e. The number of pyridine rings is 1. The van der Waals surface area contributed by atoms with Crippen molar-refractivity contribution >= 4 is 17.4 Å². The maximum Gasteiger partial charge on any atom is 0.143 e. The van der Waals surface area contributed by atoms with Crippen LogP contribution in [0.2, 0.25) is 5.02 Å². The number of ketones is 1. The molecule has 0 aliphatic heterocycles. The fourth-order valence-corrected chi connectivity index (χ4v) is 2.59. The number of halogens is 1. The Kier molecular flexibility index (Phi) is 4.97. The fraction of sp³-hybridized carbons (Fsp3) is 0.294. The summed E-state index contributed by atoms with van der Waals surface area (Å²) in [6.07, 6.45) is 2.40. The molecule has 3 nitrogen and oxygen atoms in total. The number of methoxy groups -OCH3 is 1. The van der Waals surface area contributed by atoms with E-state index >= 15 is 0 Å². The third-order valence-corrected chi connectivity index (χ3v) is 3.64. The van der Waals surface area contributed by atoms with Gasteiger partial charge in [-0.15, -0.1) is 0 Å². The maximum absolute atomic E-state index is 12.2. The number of nitrogens with zero attached hydrogens (tertiary/aromatic N) is 1. The lowest BCUT2D eigenvalue weighted by Crippen LogP contribution is -2.10. The smallest absolute Gasteiger partial charge is 0.143 e. The summed E-state index contributed by atoms with van der Waals surface area (Å²) in [5.74, 6) is 0.911. The summed E-state index contributed by atoms with van der Waals surface area (Å²) in [5, 5.41) is 0.645. The highest BCUT2D eigenvalue weighted by atomic mass is 35.5. The monoisotopic (exact) mass is 303 g/mol. The van der Waals surface area contributed by atoms with Crippen LogP contribution in [-0.4, -0.2) is 17.9 Å². The molecule has 1 heterocycles. The van der Waals surface area contributed by atoms with Gasteiger partial charge in [-0.25, -0.2) is 0 Å². The van der Waals surface area contributed by atoms with E-state index in [0.29, 0.717) is 17.9 Å². The zero-order valence-electron chi connectivity index (χ0n) is 12.4. The predicted octanol–water partition coefficient (Wildman–Crippen LogP) is 3.71. The molecule has 1 aromatic carbocycles. The molecule has 0 N–H and O–H groups in total. The van der Waals surface area contributed by atoms with Crippen molar-refractivity contribution < 1.29 is 9.53 Å². The minimum Gasteiger partial charge on any atom is -0.496 e. The Bertz CT molecular complexity index is 668. The van der Waals surface area contributed by atoms with Crippen LogP contribution in [-0.2, 0) is 17.6 Å². The average Bonchev–Trinajstić information content (AvgIpc) is 2.42. The summed E-state index contributed by atoms with van der Waals surface area (Å²) in [4.78, 5) is 16.6. The Labute approximate surface area is 129 Å². The summed E-state index contributed by atoms with van der Waals surface area (Å²) in [6, 6.07) is 7.37. The standard InChI is InChI=1S/C17H18ClNO2/c1-11-10-19-16(12(2)17(11)21-3)9-15(20)8-13-5-4-6-14(18)7-13/h4-7,10H,8-9H2,1-3H3. The van der Waals surface area contributed by atoms with Crippen LogP contribution in [0.4, 0.5) is 0 Å². The topological polar surface area (TPSA) is 39.2 Å². The SMILES string of the molecule is COc1c(C)cnc(CC(=O)Cc2cccc(Cl)c2)c1C. The number of Topliss-reactive ketones (excluding diaryl/α,β-unsaturated/α-hetero) is 1. The summed E-state index contributed by atoms with van der Waals surface area (Å²) in [5.41, 5.74) is 3.59. The second-order valence-corrected chi connectivity index (χ2v) is 5.50. The van der Waals surface area contributed by atoms with E-state index in [9.17, 15) is 4.79 Å². The van der Waals surface area contributed by atoms with E-state index in [1.807, 2.05) is 32.0 Å². The van der Waals surface area contributed by atoms with Gasteiger partial charge in [-0.3, -0.25) is 9.78 Å². The molecule has 110 valence electrons. The Morgan fingerprint density at radius 2 is 2.05 bits per heavy atom. The minimum atomic E-state index is 0.110. The Balaban J connectivity index is 2.13. The van der Waals surface area contributed by atoms with E-state index < -0.39 is 0 Å². The van der Waals surface area contributed by atoms with Gasteiger partial charge in [-0.1, -0.05) is 23.7 Å². The normalized spacial score (nSPS) is 10.5. The Morgan fingerprint density at radius 3 is 2.71 bits per heavy atom. The van der Waals surface area contributed by atoms with E-state index in [-0.39, 0.29) is 5.78 Å². The molecule has 0 atom stereocenters. The molecule has 2 aromatic rings. The first-order valence-electron chi connectivity index (χ1n) is 6.76. The second-order valence-electron chi connectivity index (χ2n) is 5.07. The van der Waals surface area contributed by atoms with Crippen LogP contribution in [0.3, 0.4) is 0 Å². The van der Waals surface area contributed by atoms with Gasteiger partial charge in [0.15, 0.2) is 0 Å². The molecule has 0 saturated carbocycles. The molecule has 0 fully saturated rings. The molecule has 0 unspecified atom stereocenters. The van der Waals surface area contributed by atoms with Gasteiger partial charge in [0.1, 0.15) is 11.5 Å². The van der Waals surface area contributed by atoms with Crippen molar-refractivity contribution in [3.63, 3.8) is 0 Å². The van der Waals surface area contributed by atoms with Crippen LogP contribution in [0, 0.1) is 13.8 Å². The number of benzene rings is 1. The highest BCUT2D eigenvalue weighted by Crippen LogP contribution is 2.24. The molecule has 4 heteroatoms. The lowest BCUT2D eigenvalue weighted by atomic mass is 10.0. The second kappa shape index (κ2) is 6.72. The number of carbonyl (C=O) groups is 1. The molecule has 0 amide bonds. The van der Waals surface area contributed by atoms with Crippen LogP contribution in [0.5, 0.6) is 5.75 Å². The number of hydrogen-bond acceptors (Lipinski definition) is 3. The van der Waals surface area contributed by atoms with Crippen molar-refractivity contribution in [1.29, 1.82) is 0 Å². The van der Waals surface area contributed by atoms with Crippen LogP contribution < -0.4 is 4.74 Å². The first-order chi connectivity index (χ1) is 10.0. The number of aromatic nitrogens is 1. The van der Waals surface area contributed by atoms with Crippen molar-refractivity contribution in [2.24, 2.45) is 0 Å². The molecule has 1 aromatic heterocycles. The fourth-order valence-electron chi connectivity index (χ4n) is 2.37. The molecular weight excluding hydrogens is 286 g/mol. The lowest BCUT2D eigenvalue weighted by molar-refractivity contribution is -0.117. The molecule has 0 saturated heterocycles. The van der Waals surface area contributed by atoms with Gasteiger partial charge in [0.25, 0.3) is 0 Å². The summed E-state index contributed by atoms with van der Waals surface area (Å²) in [6.45, 7) is 3.87. The van der Waals surface area contributed by atoms with E-state index in [4.69, 9.17) is 16.3 Å². The van der Waals surface area contributed by atoms with Crippen LogP contribution in [0.25, 0.3) is 0 Å². The van der Waals surface area contributed by atoms with E-state index in [1.165, 1.54) is 0 Å². The number of carbonyl (C=O) groups excluding carboxylic acids is 1. The van der Waals surface area contributed by atoms with Crippen LogP contribution in [0.1, 0.15) is 22.4 Å². The number of hydrogen-bond donors (Lipinski definition) is 0. The summed E-state index contributed by atoms with van der Waals surface area (Å²) in [7, 11) is 1.63. The molecule has 0 aliphatic rings. The van der Waals surface area contributed by atoms with Gasteiger partial charge in [0, 0.05) is 35.2 Å². The van der Waals surface area contributed by atoms with Gasteiger partial charge in [-0.05, 0) is 31.5 Å². The average molecular weight is 304 g/mol. The summed E-state index contributed by atoms with van der Waals surface area (Å²) < 4.78 is 5.36.